The number of hydrogen-bond donors (Lipinski definition) is 0. The molecule has 6 aromatic rings. The number of fused-ring (bicyclic) bond motifs is 5. The zero-order valence-corrected chi connectivity index (χ0v) is 24.3. The molecule has 43 heavy (non-hydrogen) atoms. The van der Waals surface area contributed by atoms with Gasteiger partial charge in [-0.2, -0.15) is 0 Å². The highest BCUT2D eigenvalue weighted by Gasteiger charge is 2.27. The molecule has 0 N–H and O–H groups in total. The normalized spacial score (nSPS) is 14.4. The van der Waals surface area contributed by atoms with Crippen molar-refractivity contribution in [2.45, 2.75) is 25.7 Å². The Morgan fingerprint density at radius 3 is 2.16 bits per heavy atom. The van der Waals surface area contributed by atoms with E-state index < -0.39 is 5.97 Å². The van der Waals surface area contributed by atoms with Gasteiger partial charge in [0.15, 0.2) is 5.78 Å². The molecule has 0 aliphatic heterocycles. The van der Waals surface area contributed by atoms with E-state index in [0.717, 1.165) is 57.5 Å². The highest BCUT2D eigenvalue weighted by Crippen LogP contribution is 2.38. The lowest BCUT2D eigenvalue weighted by Gasteiger charge is -2.25. The summed E-state index contributed by atoms with van der Waals surface area (Å²) in [6, 6.07) is 39.3. The Bertz CT molecular complexity index is 1980. The molecule has 1 unspecified atom stereocenters. The van der Waals surface area contributed by atoms with Crippen LogP contribution in [0.4, 0.5) is 0 Å². The van der Waals surface area contributed by atoms with Crippen molar-refractivity contribution in [2.75, 3.05) is 0 Å². The van der Waals surface area contributed by atoms with Gasteiger partial charge in [-0.05, 0) is 99.5 Å². The first-order valence-electron chi connectivity index (χ1n) is 14.6. The molecule has 0 radical (unpaired) electrons. The summed E-state index contributed by atoms with van der Waals surface area (Å²) in [6.45, 7) is 0. The van der Waals surface area contributed by atoms with E-state index in [0.29, 0.717) is 22.8 Å². The van der Waals surface area contributed by atoms with Crippen molar-refractivity contribution in [3.63, 3.8) is 0 Å². The first-order chi connectivity index (χ1) is 21.0. The SMILES string of the molecule is O=C(Oc1cc2c(ccc3c4c(ccc32)CCC(C(=O)c2ccccc2)C4)cc1Cc1ccc(Cl)cc1)c1ccccc1. The molecule has 0 saturated heterocycles. The topological polar surface area (TPSA) is 43.4 Å². The first-order valence-corrected chi connectivity index (χ1v) is 15.0. The summed E-state index contributed by atoms with van der Waals surface area (Å²) >= 11 is 6.14. The van der Waals surface area contributed by atoms with Crippen LogP contribution in [0.2, 0.25) is 5.02 Å². The summed E-state index contributed by atoms with van der Waals surface area (Å²) in [7, 11) is 0. The van der Waals surface area contributed by atoms with Crippen LogP contribution in [-0.4, -0.2) is 11.8 Å². The van der Waals surface area contributed by atoms with Gasteiger partial charge in [-0.3, -0.25) is 4.79 Å². The lowest BCUT2D eigenvalue weighted by Crippen LogP contribution is -2.23. The second-order valence-corrected chi connectivity index (χ2v) is 11.7. The van der Waals surface area contributed by atoms with Crippen LogP contribution in [0.5, 0.6) is 5.75 Å². The van der Waals surface area contributed by atoms with E-state index >= 15 is 0 Å². The second-order valence-electron chi connectivity index (χ2n) is 11.3. The molecule has 0 saturated carbocycles. The van der Waals surface area contributed by atoms with Crippen LogP contribution in [0.25, 0.3) is 21.5 Å². The number of ketones is 1. The minimum atomic E-state index is -0.391. The molecular formula is C39H29ClO3. The van der Waals surface area contributed by atoms with Crippen molar-refractivity contribution < 1.29 is 14.3 Å². The molecule has 7 rings (SSSR count). The van der Waals surface area contributed by atoms with Crippen molar-refractivity contribution in [1.82, 2.24) is 0 Å². The fourth-order valence-corrected chi connectivity index (χ4v) is 6.45. The summed E-state index contributed by atoms with van der Waals surface area (Å²) < 4.78 is 6.09. The van der Waals surface area contributed by atoms with E-state index in [-0.39, 0.29) is 11.7 Å². The van der Waals surface area contributed by atoms with Gasteiger partial charge in [-0.25, -0.2) is 4.79 Å². The molecule has 0 spiro atoms. The third-order valence-electron chi connectivity index (χ3n) is 8.57. The lowest BCUT2D eigenvalue weighted by atomic mass is 9.78. The van der Waals surface area contributed by atoms with Crippen LogP contribution >= 0.6 is 11.6 Å². The maximum atomic E-state index is 13.4. The van der Waals surface area contributed by atoms with Gasteiger partial charge in [-0.1, -0.05) is 96.5 Å². The van der Waals surface area contributed by atoms with Gasteiger partial charge in [0.1, 0.15) is 5.75 Å². The Labute approximate surface area is 255 Å². The summed E-state index contributed by atoms with van der Waals surface area (Å²) in [5.41, 5.74) is 5.82. The van der Waals surface area contributed by atoms with Crippen molar-refractivity contribution in [3.8, 4) is 5.75 Å². The molecule has 0 amide bonds. The number of Topliss-reactive ketones (excluding diaryl/α,β-unsaturated/α-hetero) is 1. The minimum absolute atomic E-state index is 0.0414. The molecule has 0 bridgehead atoms. The number of ether oxygens (including phenoxy) is 1. The highest BCUT2D eigenvalue weighted by atomic mass is 35.5. The molecule has 0 heterocycles. The summed E-state index contributed by atoms with van der Waals surface area (Å²) in [5, 5.41) is 5.03. The Hall–Kier alpha value is -4.73. The van der Waals surface area contributed by atoms with Gasteiger partial charge in [0.05, 0.1) is 5.56 Å². The van der Waals surface area contributed by atoms with Crippen molar-refractivity contribution >= 4 is 44.9 Å². The third-order valence-corrected chi connectivity index (χ3v) is 8.82. The molecule has 1 aliphatic carbocycles. The van der Waals surface area contributed by atoms with Gasteiger partial charge < -0.3 is 4.74 Å². The minimum Gasteiger partial charge on any atom is -0.423 e. The van der Waals surface area contributed by atoms with Gasteiger partial charge in [0.25, 0.3) is 0 Å². The Morgan fingerprint density at radius 2 is 1.42 bits per heavy atom. The maximum absolute atomic E-state index is 13.4. The molecular weight excluding hydrogens is 552 g/mol. The Kier molecular flexibility index (Phi) is 7.26. The molecule has 6 aromatic carbocycles. The summed E-state index contributed by atoms with van der Waals surface area (Å²) in [6.07, 6.45) is 3.05. The molecule has 210 valence electrons. The van der Waals surface area contributed by atoms with E-state index in [9.17, 15) is 9.59 Å². The maximum Gasteiger partial charge on any atom is 0.343 e. The molecule has 0 aromatic heterocycles. The van der Waals surface area contributed by atoms with Crippen LogP contribution in [-0.2, 0) is 19.3 Å². The van der Waals surface area contributed by atoms with Crippen molar-refractivity contribution in [1.29, 1.82) is 0 Å². The van der Waals surface area contributed by atoms with E-state index in [2.05, 4.69) is 30.3 Å². The van der Waals surface area contributed by atoms with Crippen LogP contribution < -0.4 is 4.74 Å². The Balaban J connectivity index is 1.31. The molecule has 1 aliphatic rings. The summed E-state index contributed by atoms with van der Waals surface area (Å²) in [4.78, 5) is 26.6. The highest BCUT2D eigenvalue weighted by molar-refractivity contribution is 6.30. The van der Waals surface area contributed by atoms with E-state index in [4.69, 9.17) is 16.3 Å². The van der Waals surface area contributed by atoms with Gasteiger partial charge in [0.2, 0.25) is 0 Å². The van der Waals surface area contributed by atoms with Gasteiger partial charge in [0, 0.05) is 22.9 Å². The second kappa shape index (κ2) is 11.5. The fourth-order valence-electron chi connectivity index (χ4n) is 6.33. The zero-order valence-electron chi connectivity index (χ0n) is 23.6. The van der Waals surface area contributed by atoms with E-state index in [1.807, 2.05) is 78.9 Å². The monoisotopic (exact) mass is 580 g/mol. The molecule has 3 nitrogen and oxygen atoms in total. The largest absolute Gasteiger partial charge is 0.423 e. The first kappa shape index (κ1) is 27.1. The predicted octanol–water partition coefficient (Wildman–Crippen LogP) is 9.44. The van der Waals surface area contributed by atoms with Gasteiger partial charge in [-0.15, -0.1) is 0 Å². The van der Waals surface area contributed by atoms with Crippen LogP contribution in [0.1, 0.15) is 49.4 Å². The predicted molar refractivity (Wildman–Crippen MR) is 173 cm³/mol. The van der Waals surface area contributed by atoms with Crippen molar-refractivity contribution in [3.05, 3.63) is 160 Å². The standard InChI is InChI=1S/C39H29ClO3/c40-32-17-11-25(12-18-32)21-31-22-29-16-20-33-34(36(29)24-37(31)43-39(42)28-9-5-2-6-10-28)19-15-26-13-14-30(23-35(26)33)38(41)27-7-3-1-4-8-27/h1-12,15-20,22,24,30H,13-14,21,23H2. The number of rotatable bonds is 6. The molecule has 1 atom stereocenters. The van der Waals surface area contributed by atoms with Crippen LogP contribution in [0, 0.1) is 5.92 Å². The Morgan fingerprint density at radius 1 is 0.721 bits per heavy atom. The third kappa shape index (κ3) is 5.45. The number of benzene rings is 6. The average Bonchev–Trinajstić information content (AvgIpc) is 3.06. The van der Waals surface area contributed by atoms with Crippen molar-refractivity contribution in [2.24, 2.45) is 5.92 Å². The smallest absolute Gasteiger partial charge is 0.343 e. The quantitative estimate of drug-likeness (QED) is 0.0852. The summed E-state index contributed by atoms with van der Waals surface area (Å²) in [5.74, 6) is 0.321. The van der Waals surface area contributed by atoms with E-state index in [1.54, 1.807) is 12.1 Å². The van der Waals surface area contributed by atoms with Crippen LogP contribution in [0.3, 0.4) is 0 Å². The molecule has 4 heteroatoms. The van der Waals surface area contributed by atoms with Crippen LogP contribution in [0.15, 0.2) is 121 Å². The number of carbonyl (C=O) groups is 2. The average molecular weight is 581 g/mol. The molecule has 0 fully saturated rings. The fraction of sp³-hybridized carbons (Fsp3) is 0.128. The number of aryl methyl sites for hydroxylation is 1. The van der Waals surface area contributed by atoms with Gasteiger partial charge >= 0.3 is 5.97 Å². The lowest BCUT2D eigenvalue weighted by molar-refractivity contribution is 0.0733. The number of halogens is 1. The zero-order chi connectivity index (χ0) is 29.3. The number of carbonyl (C=O) groups excluding carboxylic acids is 2. The number of hydrogen-bond acceptors (Lipinski definition) is 3. The van der Waals surface area contributed by atoms with E-state index in [1.165, 1.54) is 11.1 Å². The number of esters is 1.